The fourth-order valence-electron chi connectivity index (χ4n) is 1.86. The van der Waals surface area contributed by atoms with Crippen LogP contribution in [0.15, 0.2) is 12.3 Å². The number of nitrogens with two attached hydrogens (primary N) is 1. The molecule has 0 saturated carbocycles. The number of hydrogen-bond donors (Lipinski definition) is 3. The second kappa shape index (κ2) is 5.61. The molecule has 1 aromatic rings. The minimum absolute atomic E-state index is 0.0774. The smallest absolute Gasteiger partial charge is 0.257 e. The van der Waals surface area contributed by atoms with Crippen LogP contribution in [-0.2, 0) is 4.79 Å². The average molecular weight is 267 g/mol. The van der Waals surface area contributed by atoms with Crippen LogP contribution in [0.25, 0.3) is 0 Å². The predicted molar refractivity (Wildman–Crippen MR) is 65.5 cm³/mol. The number of nitrogens with one attached hydrogen (secondary N) is 2. The zero-order valence-electron chi connectivity index (χ0n) is 10.1. The van der Waals surface area contributed by atoms with Crippen LogP contribution in [0, 0.1) is 5.82 Å². The highest BCUT2D eigenvalue weighted by atomic mass is 19.1. The van der Waals surface area contributed by atoms with E-state index in [0.29, 0.717) is 19.5 Å². The molecule has 2 rings (SSSR count). The van der Waals surface area contributed by atoms with Gasteiger partial charge in [0.25, 0.3) is 5.91 Å². The molecular weight excluding hydrogens is 253 g/mol. The van der Waals surface area contributed by atoms with Gasteiger partial charge in [0.05, 0.1) is 12.1 Å². The Morgan fingerprint density at radius 3 is 3.11 bits per heavy atom. The largest absolute Gasteiger partial charge is 0.354 e. The third kappa shape index (κ3) is 2.79. The molecule has 0 spiro atoms. The van der Waals surface area contributed by atoms with Gasteiger partial charge in [0, 0.05) is 19.3 Å². The van der Waals surface area contributed by atoms with Crippen molar-refractivity contribution in [3.05, 3.63) is 23.6 Å². The highest BCUT2D eigenvalue weighted by Crippen LogP contribution is 2.16. The third-order valence-electron chi connectivity index (χ3n) is 2.80. The number of nitrogen functional groups attached to an aromatic ring is 1. The van der Waals surface area contributed by atoms with Gasteiger partial charge in [-0.15, -0.1) is 0 Å². The Morgan fingerprint density at radius 2 is 2.37 bits per heavy atom. The second-order valence-electron chi connectivity index (χ2n) is 4.10. The van der Waals surface area contributed by atoms with Crippen LogP contribution in [0.4, 0.5) is 10.2 Å². The van der Waals surface area contributed by atoms with E-state index in [0.717, 1.165) is 0 Å². The standard InChI is InChI=1S/C11H14FN5O2/c12-9-7(2-4-15-10(9)16-13)11(19)17-5-1-3-14-8(18)6-17/h2,4H,1,3,5-6,13H2,(H,14,18)(H,15,16). The molecule has 1 fully saturated rings. The van der Waals surface area contributed by atoms with Crippen LogP contribution in [0.1, 0.15) is 16.8 Å². The van der Waals surface area contributed by atoms with Gasteiger partial charge >= 0.3 is 0 Å². The topological polar surface area (TPSA) is 100 Å². The number of nitrogens with zero attached hydrogens (tertiary/aromatic N) is 2. The quantitative estimate of drug-likeness (QED) is 0.494. The Kier molecular flexibility index (Phi) is 3.91. The maximum Gasteiger partial charge on any atom is 0.257 e. The molecule has 0 atom stereocenters. The van der Waals surface area contributed by atoms with Crippen molar-refractivity contribution in [2.45, 2.75) is 6.42 Å². The van der Waals surface area contributed by atoms with E-state index in [9.17, 15) is 14.0 Å². The van der Waals surface area contributed by atoms with Crippen molar-refractivity contribution in [2.24, 2.45) is 5.84 Å². The number of halogens is 1. The third-order valence-corrected chi connectivity index (χ3v) is 2.80. The molecule has 2 amide bonds. The van der Waals surface area contributed by atoms with Gasteiger partial charge in [-0.25, -0.2) is 15.2 Å². The molecular formula is C11H14FN5O2. The Labute approximate surface area is 108 Å². The summed E-state index contributed by atoms with van der Waals surface area (Å²) in [7, 11) is 0. The minimum atomic E-state index is -0.820. The van der Waals surface area contributed by atoms with Gasteiger partial charge in [0.1, 0.15) is 0 Å². The maximum absolute atomic E-state index is 13.9. The summed E-state index contributed by atoms with van der Waals surface area (Å²) in [5.74, 6) is 3.28. The Morgan fingerprint density at radius 1 is 1.58 bits per heavy atom. The number of carbonyl (C=O) groups excluding carboxylic acids is 2. The lowest BCUT2D eigenvalue weighted by molar-refractivity contribution is -0.121. The van der Waals surface area contributed by atoms with Crippen molar-refractivity contribution in [1.29, 1.82) is 0 Å². The lowest BCUT2D eigenvalue weighted by atomic mass is 10.2. The molecule has 7 nitrogen and oxygen atoms in total. The summed E-state index contributed by atoms with van der Waals surface area (Å²) in [5, 5.41) is 2.65. The molecule has 0 bridgehead atoms. The highest BCUT2D eigenvalue weighted by molar-refractivity contribution is 5.97. The van der Waals surface area contributed by atoms with Crippen molar-refractivity contribution in [2.75, 3.05) is 25.1 Å². The number of amides is 2. The summed E-state index contributed by atoms with van der Waals surface area (Å²) >= 11 is 0. The number of pyridine rings is 1. The summed E-state index contributed by atoms with van der Waals surface area (Å²) in [6.45, 7) is 0.827. The van der Waals surface area contributed by atoms with Crippen molar-refractivity contribution < 1.29 is 14.0 Å². The molecule has 0 aromatic carbocycles. The summed E-state index contributed by atoms with van der Waals surface area (Å²) in [4.78, 5) is 28.6. The Balaban J connectivity index is 2.25. The van der Waals surface area contributed by atoms with E-state index in [1.165, 1.54) is 17.2 Å². The van der Waals surface area contributed by atoms with E-state index in [-0.39, 0.29) is 23.8 Å². The van der Waals surface area contributed by atoms with Gasteiger partial charge < -0.3 is 15.6 Å². The van der Waals surface area contributed by atoms with Gasteiger partial charge in [-0.2, -0.15) is 0 Å². The number of hydrogen-bond acceptors (Lipinski definition) is 5. The van der Waals surface area contributed by atoms with Gasteiger partial charge in [-0.05, 0) is 12.5 Å². The zero-order chi connectivity index (χ0) is 13.8. The van der Waals surface area contributed by atoms with Crippen molar-refractivity contribution >= 4 is 17.6 Å². The molecule has 1 aliphatic rings. The van der Waals surface area contributed by atoms with Crippen molar-refractivity contribution in [3.63, 3.8) is 0 Å². The summed E-state index contributed by atoms with van der Waals surface area (Å²) < 4.78 is 13.9. The number of rotatable bonds is 2. The first-order valence-electron chi connectivity index (χ1n) is 5.80. The van der Waals surface area contributed by atoms with Gasteiger partial charge in [0.15, 0.2) is 11.6 Å². The lowest BCUT2D eigenvalue weighted by Gasteiger charge is -2.19. The summed E-state index contributed by atoms with van der Waals surface area (Å²) in [6.07, 6.45) is 1.91. The van der Waals surface area contributed by atoms with Crippen molar-refractivity contribution in [1.82, 2.24) is 15.2 Å². The van der Waals surface area contributed by atoms with Crippen molar-refractivity contribution in [3.8, 4) is 0 Å². The van der Waals surface area contributed by atoms with E-state index in [2.05, 4.69) is 15.7 Å². The Bertz CT molecular complexity index is 508. The van der Waals surface area contributed by atoms with Crippen LogP contribution < -0.4 is 16.6 Å². The molecule has 1 saturated heterocycles. The molecule has 0 unspecified atom stereocenters. The van der Waals surface area contributed by atoms with E-state index in [1.54, 1.807) is 0 Å². The van der Waals surface area contributed by atoms with Crippen LogP contribution >= 0.6 is 0 Å². The molecule has 0 radical (unpaired) electrons. The van der Waals surface area contributed by atoms with Crippen LogP contribution in [-0.4, -0.2) is 41.3 Å². The monoisotopic (exact) mass is 267 g/mol. The molecule has 8 heteroatoms. The predicted octanol–water partition coefficient (Wildman–Crippen LogP) is -0.532. The number of aromatic nitrogens is 1. The molecule has 19 heavy (non-hydrogen) atoms. The van der Waals surface area contributed by atoms with E-state index < -0.39 is 11.7 Å². The lowest BCUT2D eigenvalue weighted by Crippen LogP contribution is -2.37. The van der Waals surface area contributed by atoms with Gasteiger partial charge in [-0.1, -0.05) is 0 Å². The fourth-order valence-corrected chi connectivity index (χ4v) is 1.86. The average Bonchev–Trinajstić information content (AvgIpc) is 2.63. The number of hydrazine groups is 1. The van der Waals surface area contributed by atoms with Gasteiger partial charge in [0.2, 0.25) is 5.91 Å². The number of anilines is 1. The summed E-state index contributed by atoms with van der Waals surface area (Å²) in [5.41, 5.74) is 1.92. The molecule has 4 N–H and O–H groups in total. The first-order chi connectivity index (χ1) is 9.13. The SMILES string of the molecule is NNc1nccc(C(=O)N2CCCNC(=O)C2)c1F. The second-order valence-corrected chi connectivity index (χ2v) is 4.10. The normalized spacial score (nSPS) is 15.7. The number of carbonyl (C=O) groups is 2. The fraction of sp³-hybridized carbons (Fsp3) is 0.364. The van der Waals surface area contributed by atoms with E-state index >= 15 is 0 Å². The van der Waals surface area contributed by atoms with Crippen LogP contribution in [0.5, 0.6) is 0 Å². The minimum Gasteiger partial charge on any atom is -0.354 e. The molecule has 0 aliphatic carbocycles. The Hall–Kier alpha value is -2.22. The molecule has 102 valence electrons. The molecule has 2 heterocycles. The first-order valence-corrected chi connectivity index (χ1v) is 5.80. The van der Waals surface area contributed by atoms with Crippen LogP contribution in [0.2, 0.25) is 0 Å². The molecule has 1 aliphatic heterocycles. The maximum atomic E-state index is 13.9. The van der Waals surface area contributed by atoms with E-state index in [1.807, 2.05) is 0 Å². The zero-order valence-corrected chi connectivity index (χ0v) is 10.1. The highest BCUT2D eigenvalue weighted by Gasteiger charge is 2.24. The first kappa shape index (κ1) is 13.2. The molecule has 1 aromatic heterocycles. The summed E-state index contributed by atoms with van der Waals surface area (Å²) in [6, 6.07) is 1.27. The van der Waals surface area contributed by atoms with E-state index in [4.69, 9.17) is 5.84 Å². The van der Waals surface area contributed by atoms with Crippen LogP contribution in [0.3, 0.4) is 0 Å². The van der Waals surface area contributed by atoms with Gasteiger partial charge in [-0.3, -0.25) is 9.59 Å².